The van der Waals surface area contributed by atoms with Crippen molar-refractivity contribution in [1.82, 2.24) is 0 Å². The van der Waals surface area contributed by atoms with Gasteiger partial charge in [0.25, 0.3) is 0 Å². The highest BCUT2D eigenvalue weighted by Gasteiger charge is 2.17. The number of nitriles is 1. The summed E-state index contributed by atoms with van der Waals surface area (Å²) in [6, 6.07) is 9.93. The lowest BCUT2D eigenvalue weighted by molar-refractivity contribution is 0.368. The molecule has 0 bridgehead atoms. The molecule has 0 saturated carbocycles. The van der Waals surface area contributed by atoms with Gasteiger partial charge in [-0.05, 0) is 25.0 Å². The summed E-state index contributed by atoms with van der Waals surface area (Å²) < 4.78 is 16.5. The van der Waals surface area contributed by atoms with Crippen LogP contribution in [0.3, 0.4) is 0 Å². The minimum Gasteiger partial charge on any atom is -0.479 e. The van der Waals surface area contributed by atoms with Crippen molar-refractivity contribution in [3.05, 3.63) is 24.3 Å². The maximum absolute atomic E-state index is 11.3. The molecule has 1 aromatic rings. The normalized spacial score (nSPS) is 23.1. The van der Waals surface area contributed by atoms with Gasteiger partial charge in [-0.25, -0.2) is 0 Å². The quantitative estimate of drug-likeness (QED) is 0.902. The lowest BCUT2D eigenvalue weighted by Crippen LogP contribution is -2.29. The molecule has 5 heteroatoms. The summed E-state index contributed by atoms with van der Waals surface area (Å²) in [7, 11) is -0.628. The van der Waals surface area contributed by atoms with Crippen LogP contribution in [0, 0.1) is 11.3 Å². The van der Waals surface area contributed by atoms with Crippen molar-refractivity contribution in [2.24, 2.45) is 0 Å². The van der Waals surface area contributed by atoms with E-state index in [9.17, 15) is 4.21 Å². The molecular weight excluding hydrogens is 248 g/mol. The van der Waals surface area contributed by atoms with E-state index in [2.05, 4.69) is 5.32 Å². The first kappa shape index (κ1) is 12.9. The summed E-state index contributed by atoms with van der Waals surface area (Å²) >= 11 is 0. The second-order valence-electron chi connectivity index (χ2n) is 4.24. The van der Waals surface area contributed by atoms with Gasteiger partial charge in [0.2, 0.25) is 0 Å². The van der Waals surface area contributed by atoms with Crippen molar-refractivity contribution in [1.29, 1.82) is 5.26 Å². The van der Waals surface area contributed by atoms with Gasteiger partial charge >= 0.3 is 0 Å². The number of ether oxygens (including phenoxy) is 1. The van der Waals surface area contributed by atoms with Gasteiger partial charge < -0.3 is 10.1 Å². The van der Waals surface area contributed by atoms with Gasteiger partial charge in [0.15, 0.2) is 6.61 Å². The summed E-state index contributed by atoms with van der Waals surface area (Å²) in [6.45, 7) is 0.0614. The van der Waals surface area contributed by atoms with Crippen LogP contribution < -0.4 is 10.1 Å². The van der Waals surface area contributed by atoms with E-state index in [4.69, 9.17) is 10.00 Å². The van der Waals surface area contributed by atoms with E-state index in [1.165, 1.54) is 0 Å². The molecule has 0 unspecified atom stereocenters. The van der Waals surface area contributed by atoms with Crippen LogP contribution in [0.4, 0.5) is 5.69 Å². The third kappa shape index (κ3) is 3.74. The first-order chi connectivity index (χ1) is 8.78. The predicted molar refractivity (Wildman–Crippen MR) is 72.1 cm³/mol. The third-order valence-electron chi connectivity index (χ3n) is 2.90. The van der Waals surface area contributed by atoms with Crippen LogP contribution in [0.15, 0.2) is 24.3 Å². The van der Waals surface area contributed by atoms with Gasteiger partial charge in [-0.3, -0.25) is 4.21 Å². The van der Waals surface area contributed by atoms with Crippen LogP contribution in [0.1, 0.15) is 12.8 Å². The highest BCUT2D eigenvalue weighted by molar-refractivity contribution is 7.85. The Kier molecular flexibility index (Phi) is 4.59. The molecule has 1 aliphatic heterocycles. The molecule has 0 spiro atoms. The summed E-state index contributed by atoms with van der Waals surface area (Å²) in [5, 5.41) is 11.9. The smallest absolute Gasteiger partial charge is 0.174 e. The van der Waals surface area contributed by atoms with E-state index < -0.39 is 10.8 Å². The van der Waals surface area contributed by atoms with Gasteiger partial charge in [0.05, 0.1) is 0 Å². The summed E-state index contributed by atoms with van der Waals surface area (Å²) in [5.74, 6) is 2.26. The highest BCUT2D eigenvalue weighted by atomic mass is 32.2. The molecule has 1 aromatic carbocycles. The first-order valence-electron chi connectivity index (χ1n) is 5.99. The lowest BCUT2D eigenvalue weighted by atomic mass is 10.1. The Morgan fingerprint density at radius 3 is 2.94 bits per heavy atom. The third-order valence-corrected chi connectivity index (χ3v) is 4.28. The van der Waals surface area contributed by atoms with Gasteiger partial charge in [-0.2, -0.15) is 5.26 Å². The highest BCUT2D eigenvalue weighted by Crippen LogP contribution is 2.20. The molecule has 0 aromatic heterocycles. The van der Waals surface area contributed by atoms with E-state index in [-0.39, 0.29) is 6.61 Å². The van der Waals surface area contributed by atoms with Crippen molar-refractivity contribution < 1.29 is 8.95 Å². The number of benzene rings is 1. The molecule has 1 aliphatic rings. The van der Waals surface area contributed by atoms with E-state index in [1.54, 1.807) is 0 Å². The lowest BCUT2D eigenvalue weighted by Gasteiger charge is -2.23. The zero-order chi connectivity index (χ0) is 12.8. The molecule has 1 saturated heterocycles. The number of anilines is 1. The fourth-order valence-electron chi connectivity index (χ4n) is 1.97. The molecule has 2 rings (SSSR count). The molecule has 18 heavy (non-hydrogen) atoms. The van der Waals surface area contributed by atoms with Crippen molar-refractivity contribution in [3.8, 4) is 11.8 Å². The summed E-state index contributed by atoms with van der Waals surface area (Å²) in [5.41, 5.74) is 0.989. The van der Waals surface area contributed by atoms with Crippen molar-refractivity contribution >= 4 is 16.5 Å². The fraction of sp³-hybridized carbons (Fsp3) is 0.462. The van der Waals surface area contributed by atoms with Crippen molar-refractivity contribution in [2.45, 2.75) is 18.9 Å². The predicted octanol–water partition coefficient (Wildman–Crippen LogP) is 1.91. The molecular formula is C13H16N2O2S. The molecule has 1 fully saturated rings. The molecule has 96 valence electrons. The molecule has 1 heterocycles. The zero-order valence-corrected chi connectivity index (χ0v) is 10.9. The van der Waals surface area contributed by atoms with Crippen molar-refractivity contribution in [2.75, 3.05) is 23.4 Å². The average Bonchev–Trinajstić information content (AvgIpc) is 2.40. The Morgan fingerprint density at radius 2 is 2.22 bits per heavy atom. The van der Waals surface area contributed by atoms with Crippen LogP contribution in [0.5, 0.6) is 5.75 Å². The molecule has 0 atom stereocenters. The van der Waals surface area contributed by atoms with Gasteiger partial charge in [-0.1, -0.05) is 6.07 Å². The maximum atomic E-state index is 11.3. The van der Waals surface area contributed by atoms with Crippen LogP contribution in [-0.4, -0.2) is 28.4 Å². The molecule has 4 nitrogen and oxygen atoms in total. The van der Waals surface area contributed by atoms with E-state index in [0.29, 0.717) is 11.8 Å². The van der Waals surface area contributed by atoms with Crippen LogP contribution in [-0.2, 0) is 10.8 Å². The molecule has 1 N–H and O–H groups in total. The van der Waals surface area contributed by atoms with Gasteiger partial charge in [-0.15, -0.1) is 0 Å². The second-order valence-corrected chi connectivity index (χ2v) is 5.94. The van der Waals surface area contributed by atoms with Crippen molar-refractivity contribution in [3.63, 3.8) is 0 Å². The Labute approximate surface area is 109 Å². The molecule has 0 aliphatic carbocycles. The Balaban J connectivity index is 1.92. The Hall–Kier alpha value is -1.54. The minimum atomic E-state index is -0.628. The zero-order valence-electron chi connectivity index (χ0n) is 10.1. The Morgan fingerprint density at radius 1 is 1.44 bits per heavy atom. The van der Waals surface area contributed by atoms with Crippen LogP contribution in [0.25, 0.3) is 0 Å². The summed E-state index contributed by atoms with van der Waals surface area (Å²) in [4.78, 5) is 0. The minimum absolute atomic E-state index is 0.0614. The molecule has 0 amide bonds. The monoisotopic (exact) mass is 264 g/mol. The van der Waals surface area contributed by atoms with Crippen LogP contribution in [0.2, 0.25) is 0 Å². The second kappa shape index (κ2) is 6.41. The Bertz CT molecular complexity index is 460. The topological polar surface area (TPSA) is 62.1 Å². The standard InChI is InChI=1S/C13H16N2O2S/c14-6-7-17-13-3-1-2-12(10-13)15-11-4-8-18(16)9-5-11/h1-3,10-11,15H,4-5,7-9H2. The average molecular weight is 264 g/mol. The number of nitrogens with one attached hydrogen (secondary N) is 1. The van der Waals surface area contributed by atoms with E-state index in [1.807, 2.05) is 30.3 Å². The van der Waals surface area contributed by atoms with Gasteiger partial charge in [0.1, 0.15) is 11.8 Å². The largest absolute Gasteiger partial charge is 0.479 e. The summed E-state index contributed by atoms with van der Waals surface area (Å²) in [6.07, 6.45) is 1.88. The van der Waals surface area contributed by atoms with E-state index in [0.717, 1.165) is 30.0 Å². The first-order valence-corrected chi connectivity index (χ1v) is 7.48. The SMILES string of the molecule is N#CCOc1cccc(NC2CCS(=O)CC2)c1. The van der Waals surface area contributed by atoms with Gasteiger partial charge in [0, 0.05) is 40.1 Å². The van der Waals surface area contributed by atoms with Crippen LogP contribution >= 0.6 is 0 Å². The number of hydrogen-bond acceptors (Lipinski definition) is 4. The number of nitrogens with zero attached hydrogens (tertiary/aromatic N) is 1. The number of rotatable bonds is 4. The molecule has 0 radical (unpaired) electrons. The maximum Gasteiger partial charge on any atom is 0.174 e. The van der Waals surface area contributed by atoms with E-state index >= 15 is 0 Å². The fourth-order valence-corrected chi connectivity index (χ4v) is 3.26. The number of hydrogen-bond donors (Lipinski definition) is 1.